The van der Waals surface area contributed by atoms with Crippen LogP contribution in [0.2, 0.25) is 0 Å². The fourth-order valence-corrected chi connectivity index (χ4v) is 3.72. The van der Waals surface area contributed by atoms with Gasteiger partial charge >= 0.3 is 0 Å². The van der Waals surface area contributed by atoms with E-state index in [0.717, 1.165) is 22.6 Å². The van der Waals surface area contributed by atoms with Crippen LogP contribution in [-0.2, 0) is 9.59 Å². The van der Waals surface area contributed by atoms with E-state index in [9.17, 15) is 9.59 Å². The lowest BCUT2D eigenvalue weighted by molar-refractivity contribution is -0.135. The van der Waals surface area contributed by atoms with Crippen LogP contribution < -0.4 is 10.1 Å². The topological polar surface area (TPSA) is 74.2 Å². The van der Waals surface area contributed by atoms with Crippen molar-refractivity contribution in [1.82, 2.24) is 15.2 Å². The summed E-state index contributed by atoms with van der Waals surface area (Å²) in [5.41, 5.74) is 2.90. The average molecular weight is 392 g/mol. The van der Waals surface area contributed by atoms with Crippen molar-refractivity contribution >= 4 is 17.5 Å². The van der Waals surface area contributed by atoms with Gasteiger partial charge < -0.3 is 10.1 Å². The lowest BCUT2D eigenvalue weighted by Crippen LogP contribution is -2.50. The van der Waals surface area contributed by atoms with Crippen LogP contribution in [0.3, 0.4) is 0 Å². The minimum Gasteiger partial charge on any atom is -0.497 e. The fraction of sp³-hybridized carbons (Fsp3) is 0.318. The third-order valence-electron chi connectivity index (χ3n) is 5.25. The summed E-state index contributed by atoms with van der Waals surface area (Å²) >= 11 is 0. The number of carbonyl (C=O) groups is 2. The van der Waals surface area contributed by atoms with E-state index in [0.29, 0.717) is 19.5 Å². The highest BCUT2D eigenvalue weighted by Crippen LogP contribution is 2.33. The molecule has 7 nitrogen and oxygen atoms in total. The SMILES string of the molecule is COc1ccc([C@H]2CC(c3ccccc3)=NN2C(=O)CN2CCNC(=O)C2)cc1. The average Bonchev–Trinajstić information content (AvgIpc) is 3.20. The van der Waals surface area contributed by atoms with Crippen LogP contribution in [0.1, 0.15) is 23.6 Å². The Hall–Kier alpha value is -3.19. The molecular formula is C22H24N4O3. The highest BCUT2D eigenvalue weighted by atomic mass is 16.5. The number of nitrogens with one attached hydrogen (secondary N) is 1. The molecule has 2 aromatic rings. The van der Waals surface area contributed by atoms with E-state index in [1.54, 1.807) is 12.1 Å². The molecule has 0 bridgehead atoms. The van der Waals surface area contributed by atoms with Gasteiger partial charge in [0.25, 0.3) is 5.91 Å². The lowest BCUT2D eigenvalue weighted by Gasteiger charge is -2.29. The van der Waals surface area contributed by atoms with Crippen LogP contribution >= 0.6 is 0 Å². The number of nitrogens with zero attached hydrogens (tertiary/aromatic N) is 3. The van der Waals surface area contributed by atoms with Gasteiger partial charge in [0.05, 0.1) is 32.0 Å². The van der Waals surface area contributed by atoms with Crippen molar-refractivity contribution in [3.05, 3.63) is 65.7 Å². The number of carbonyl (C=O) groups excluding carboxylic acids is 2. The van der Waals surface area contributed by atoms with Gasteiger partial charge in [0.2, 0.25) is 5.91 Å². The molecule has 2 heterocycles. The number of hydrogen-bond donors (Lipinski definition) is 1. The minimum atomic E-state index is -0.178. The van der Waals surface area contributed by atoms with E-state index in [1.165, 1.54) is 0 Å². The van der Waals surface area contributed by atoms with Gasteiger partial charge in [0.1, 0.15) is 5.75 Å². The summed E-state index contributed by atoms with van der Waals surface area (Å²) in [5.74, 6) is 0.616. The number of ether oxygens (including phenoxy) is 1. The van der Waals surface area contributed by atoms with Crippen molar-refractivity contribution in [2.45, 2.75) is 12.5 Å². The molecule has 0 aliphatic carbocycles. The van der Waals surface area contributed by atoms with E-state index in [1.807, 2.05) is 59.5 Å². The molecule has 2 aliphatic heterocycles. The number of amides is 2. The van der Waals surface area contributed by atoms with Gasteiger partial charge in [-0.3, -0.25) is 14.5 Å². The second-order valence-electron chi connectivity index (χ2n) is 7.20. The van der Waals surface area contributed by atoms with Gasteiger partial charge in [0, 0.05) is 19.5 Å². The van der Waals surface area contributed by atoms with Crippen LogP contribution in [-0.4, -0.2) is 60.7 Å². The Kier molecular flexibility index (Phi) is 5.57. The first-order valence-corrected chi connectivity index (χ1v) is 9.72. The zero-order valence-corrected chi connectivity index (χ0v) is 16.4. The van der Waals surface area contributed by atoms with Crippen molar-refractivity contribution < 1.29 is 14.3 Å². The smallest absolute Gasteiger partial charge is 0.257 e. The maximum Gasteiger partial charge on any atom is 0.257 e. The van der Waals surface area contributed by atoms with E-state index in [4.69, 9.17) is 4.74 Å². The zero-order valence-electron chi connectivity index (χ0n) is 16.4. The monoisotopic (exact) mass is 392 g/mol. The van der Waals surface area contributed by atoms with Gasteiger partial charge in [-0.25, -0.2) is 5.01 Å². The molecule has 1 fully saturated rings. The molecule has 2 aromatic carbocycles. The molecule has 4 rings (SSSR count). The summed E-state index contributed by atoms with van der Waals surface area (Å²) in [6, 6.07) is 17.5. The van der Waals surface area contributed by atoms with E-state index in [2.05, 4.69) is 10.4 Å². The first-order chi connectivity index (χ1) is 14.1. The fourth-order valence-electron chi connectivity index (χ4n) is 3.72. The normalized spacial score (nSPS) is 19.6. The summed E-state index contributed by atoms with van der Waals surface area (Å²) in [4.78, 5) is 26.6. The zero-order chi connectivity index (χ0) is 20.2. The lowest BCUT2D eigenvalue weighted by atomic mass is 9.98. The van der Waals surface area contributed by atoms with E-state index >= 15 is 0 Å². The summed E-state index contributed by atoms with van der Waals surface area (Å²) < 4.78 is 5.25. The van der Waals surface area contributed by atoms with Gasteiger partial charge in [0.15, 0.2) is 0 Å². The molecule has 1 saturated heterocycles. The third kappa shape index (κ3) is 4.30. The van der Waals surface area contributed by atoms with Crippen LogP contribution in [0.15, 0.2) is 59.7 Å². The number of piperazine rings is 1. The van der Waals surface area contributed by atoms with Gasteiger partial charge in [-0.2, -0.15) is 5.10 Å². The Morgan fingerprint density at radius 2 is 1.93 bits per heavy atom. The van der Waals surface area contributed by atoms with Crippen molar-refractivity contribution in [1.29, 1.82) is 0 Å². The third-order valence-corrected chi connectivity index (χ3v) is 5.25. The Morgan fingerprint density at radius 1 is 1.17 bits per heavy atom. The van der Waals surface area contributed by atoms with Gasteiger partial charge in [-0.15, -0.1) is 0 Å². The van der Waals surface area contributed by atoms with Crippen LogP contribution in [0, 0.1) is 0 Å². The quantitative estimate of drug-likeness (QED) is 0.842. The molecular weight excluding hydrogens is 368 g/mol. The van der Waals surface area contributed by atoms with Crippen molar-refractivity contribution in [2.75, 3.05) is 33.3 Å². The van der Waals surface area contributed by atoms with Crippen LogP contribution in [0.4, 0.5) is 0 Å². The Bertz CT molecular complexity index is 911. The summed E-state index contributed by atoms with van der Waals surface area (Å²) in [6.07, 6.45) is 0.641. The Morgan fingerprint density at radius 3 is 2.62 bits per heavy atom. The second-order valence-corrected chi connectivity index (χ2v) is 7.20. The second kappa shape index (κ2) is 8.45. The van der Waals surface area contributed by atoms with E-state index in [-0.39, 0.29) is 30.9 Å². The largest absolute Gasteiger partial charge is 0.497 e. The first-order valence-electron chi connectivity index (χ1n) is 9.72. The molecule has 1 atom stereocenters. The minimum absolute atomic E-state index is 0.0503. The number of methoxy groups -OCH3 is 1. The number of hydrogen-bond acceptors (Lipinski definition) is 5. The van der Waals surface area contributed by atoms with Crippen LogP contribution in [0.25, 0.3) is 0 Å². The molecule has 7 heteroatoms. The predicted molar refractivity (Wildman–Crippen MR) is 110 cm³/mol. The standard InChI is InChI=1S/C22H24N4O3/c1-29-18-9-7-17(8-10-18)20-13-19(16-5-3-2-4-6-16)24-26(20)22(28)15-25-12-11-23-21(27)14-25/h2-10,20H,11-15H2,1H3,(H,23,27)/t20-/m1/s1. The summed E-state index contributed by atoms with van der Waals surface area (Å²) in [7, 11) is 1.63. The number of benzene rings is 2. The number of hydrazone groups is 1. The molecule has 0 saturated carbocycles. The molecule has 29 heavy (non-hydrogen) atoms. The van der Waals surface area contributed by atoms with Gasteiger partial charge in [-0.1, -0.05) is 42.5 Å². The van der Waals surface area contributed by atoms with Crippen molar-refractivity contribution in [3.63, 3.8) is 0 Å². The van der Waals surface area contributed by atoms with Crippen molar-refractivity contribution in [2.24, 2.45) is 5.10 Å². The summed E-state index contributed by atoms with van der Waals surface area (Å²) in [5, 5.41) is 9.05. The molecule has 1 N–H and O–H groups in total. The Labute approximate surface area is 169 Å². The molecule has 2 amide bonds. The highest BCUT2D eigenvalue weighted by molar-refractivity contribution is 6.03. The molecule has 150 valence electrons. The van der Waals surface area contributed by atoms with Gasteiger partial charge in [-0.05, 0) is 23.3 Å². The van der Waals surface area contributed by atoms with Crippen molar-refractivity contribution in [3.8, 4) is 5.75 Å². The van der Waals surface area contributed by atoms with Crippen LogP contribution in [0.5, 0.6) is 5.75 Å². The molecule has 0 radical (unpaired) electrons. The molecule has 2 aliphatic rings. The molecule has 0 unspecified atom stereocenters. The highest BCUT2D eigenvalue weighted by Gasteiger charge is 2.34. The van der Waals surface area contributed by atoms with E-state index < -0.39 is 0 Å². The maximum absolute atomic E-state index is 13.1. The summed E-state index contributed by atoms with van der Waals surface area (Å²) in [6.45, 7) is 1.63. The first kappa shape index (κ1) is 19.1. The molecule has 0 spiro atoms. The maximum atomic E-state index is 13.1. The number of rotatable bonds is 5. The molecule has 0 aromatic heterocycles. The predicted octanol–water partition coefficient (Wildman–Crippen LogP) is 1.80. The Balaban J connectivity index is 1.58.